The first-order valence-corrected chi connectivity index (χ1v) is 5.94. The molecule has 1 aromatic heterocycles. The van der Waals surface area contributed by atoms with Gasteiger partial charge in [0.2, 0.25) is 5.75 Å². The van der Waals surface area contributed by atoms with Crippen molar-refractivity contribution in [3.05, 3.63) is 64.3 Å². The lowest BCUT2D eigenvalue weighted by Crippen LogP contribution is -2.14. The number of pyridine rings is 1. The summed E-state index contributed by atoms with van der Waals surface area (Å²) >= 11 is 0. The number of rotatable bonds is 6. The molecular formula is C14H12N2O4. The Morgan fingerprint density at radius 1 is 1.20 bits per heavy atom. The summed E-state index contributed by atoms with van der Waals surface area (Å²) in [7, 11) is 0. The monoisotopic (exact) mass is 272 g/mol. The van der Waals surface area contributed by atoms with Gasteiger partial charge in [-0.3, -0.25) is 4.79 Å². The van der Waals surface area contributed by atoms with Gasteiger partial charge in [0.25, 0.3) is 0 Å². The molecule has 20 heavy (non-hydrogen) atoms. The van der Waals surface area contributed by atoms with Crippen LogP contribution in [0.2, 0.25) is 0 Å². The fourth-order valence-corrected chi connectivity index (χ4v) is 1.66. The summed E-state index contributed by atoms with van der Waals surface area (Å²) in [6.45, 7) is -0.221. The van der Waals surface area contributed by atoms with E-state index >= 15 is 0 Å². The van der Waals surface area contributed by atoms with E-state index in [-0.39, 0.29) is 30.4 Å². The minimum Gasteiger partial charge on any atom is -0.478 e. The van der Waals surface area contributed by atoms with E-state index < -0.39 is 4.92 Å². The first-order chi connectivity index (χ1) is 9.66. The summed E-state index contributed by atoms with van der Waals surface area (Å²) in [5.74, 6) is -0.548. The van der Waals surface area contributed by atoms with Crippen LogP contribution in [-0.2, 0) is 11.2 Å². The molecule has 6 nitrogen and oxygen atoms in total. The Morgan fingerprint density at radius 2 is 1.95 bits per heavy atom. The molecular weight excluding hydrogens is 260 g/mol. The Morgan fingerprint density at radius 3 is 2.65 bits per heavy atom. The molecule has 102 valence electrons. The Labute approximate surface area is 115 Å². The van der Waals surface area contributed by atoms with E-state index in [1.54, 1.807) is 0 Å². The molecule has 0 aliphatic heterocycles. The predicted octanol–water partition coefficient (Wildman–Crippen LogP) is 2.18. The summed E-state index contributed by atoms with van der Waals surface area (Å²) < 4.78 is 5.18. The van der Waals surface area contributed by atoms with Gasteiger partial charge >= 0.3 is 5.82 Å². The summed E-state index contributed by atoms with van der Waals surface area (Å²) in [5, 5.41) is 10.7. The molecule has 0 aliphatic rings. The molecule has 6 heteroatoms. The Bertz CT molecular complexity index is 614. The van der Waals surface area contributed by atoms with Crippen molar-refractivity contribution in [2.24, 2.45) is 0 Å². The molecule has 1 heterocycles. The largest absolute Gasteiger partial charge is 0.478 e. The third kappa shape index (κ3) is 3.61. The van der Waals surface area contributed by atoms with Crippen molar-refractivity contribution in [2.75, 3.05) is 6.61 Å². The molecule has 2 rings (SSSR count). The number of ether oxygens (including phenoxy) is 1. The zero-order chi connectivity index (χ0) is 14.4. The number of nitrogens with zero attached hydrogens (tertiary/aromatic N) is 2. The highest BCUT2D eigenvalue weighted by Crippen LogP contribution is 2.22. The average Bonchev–Trinajstić information content (AvgIpc) is 2.46. The van der Waals surface area contributed by atoms with Crippen LogP contribution in [0, 0.1) is 10.1 Å². The molecule has 0 saturated heterocycles. The molecule has 0 spiro atoms. The first-order valence-electron chi connectivity index (χ1n) is 5.94. The minimum atomic E-state index is -0.642. The molecule has 0 saturated carbocycles. The molecule has 0 unspecified atom stereocenters. The summed E-state index contributed by atoms with van der Waals surface area (Å²) in [6, 6.07) is 12.2. The van der Waals surface area contributed by atoms with E-state index in [4.69, 9.17) is 4.74 Å². The smallest absolute Gasteiger partial charge is 0.406 e. The maximum Gasteiger partial charge on any atom is 0.406 e. The lowest BCUT2D eigenvalue weighted by molar-refractivity contribution is -0.390. The molecule has 0 fully saturated rings. The van der Waals surface area contributed by atoms with Gasteiger partial charge in [0.1, 0.15) is 12.8 Å². The maximum atomic E-state index is 11.8. The number of aromatic nitrogens is 1. The number of carbonyl (C=O) groups excluding carboxylic acids is 1. The lowest BCUT2D eigenvalue weighted by atomic mass is 10.1. The maximum absolute atomic E-state index is 11.8. The van der Waals surface area contributed by atoms with Gasteiger partial charge in [0.15, 0.2) is 5.78 Å². The van der Waals surface area contributed by atoms with E-state index in [9.17, 15) is 14.9 Å². The van der Waals surface area contributed by atoms with Crippen LogP contribution in [0.15, 0.2) is 48.7 Å². The van der Waals surface area contributed by atoms with Crippen molar-refractivity contribution in [3.8, 4) is 5.75 Å². The summed E-state index contributed by atoms with van der Waals surface area (Å²) in [5.41, 5.74) is 0.877. The third-order valence-corrected chi connectivity index (χ3v) is 2.56. The standard InChI is InChI=1S/C14H12N2O4/c17-12(9-11-5-2-1-3-6-11)10-20-13-7-4-8-15-14(13)16(18)19/h1-8H,9-10H2. The highest BCUT2D eigenvalue weighted by Gasteiger charge is 2.16. The molecule has 0 aliphatic carbocycles. The molecule has 0 amide bonds. The van der Waals surface area contributed by atoms with Crippen LogP contribution in [-0.4, -0.2) is 22.3 Å². The van der Waals surface area contributed by atoms with Crippen molar-refractivity contribution in [1.29, 1.82) is 0 Å². The number of carbonyl (C=O) groups is 1. The van der Waals surface area contributed by atoms with Crippen molar-refractivity contribution in [1.82, 2.24) is 4.98 Å². The van der Waals surface area contributed by atoms with Crippen LogP contribution in [0.1, 0.15) is 5.56 Å². The van der Waals surface area contributed by atoms with Crippen LogP contribution in [0.5, 0.6) is 5.75 Å². The topological polar surface area (TPSA) is 82.3 Å². The van der Waals surface area contributed by atoms with Gasteiger partial charge in [0, 0.05) is 6.42 Å². The van der Waals surface area contributed by atoms with E-state index in [0.29, 0.717) is 0 Å². The fourth-order valence-electron chi connectivity index (χ4n) is 1.66. The average molecular weight is 272 g/mol. The first kappa shape index (κ1) is 13.7. The minimum absolute atomic E-state index is 0.00101. The summed E-state index contributed by atoms with van der Waals surface area (Å²) in [4.78, 5) is 25.5. The van der Waals surface area contributed by atoms with Crippen molar-refractivity contribution in [3.63, 3.8) is 0 Å². The third-order valence-electron chi connectivity index (χ3n) is 2.56. The van der Waals surface area contributed by atoms with Gasteiger partial charge in [0.05, 0.1) is 0 Å². The Kier molecular flexibility index (Phi) is 4.39. The number of hydrogen-bond donors (Lipinski definition) is 0. The predicted molar refractivity (Wildman–Crippen MR) is 71.5 cm³/mol. The molecule has 1 aromatic carbocycles. The van der Waals surface area contributed by atoms with Gasteiger partial charge in [-0.1, -0.05) is 30.3 Å². The zero-order valence-electron chi connectivity index (χ0n) is 10.6. The molecule has 0 atom stereocenters. The molecule has 2 aromatic rings. The second-order valence-corrected chi connectivity index (χ2v) is 4.07. The zero-order valence-corrected chi connectivity index (χ0v) is 10.6. The van der Waals surface area contributed by atoms with E-state index in [0.717, 1.165) is 5.56 Å². The molecule has 0 radical (unpaired) electrons. The highest BCUT2D eigenvalue weighted by molar-refractivity contribution is 5.82. The number of ketones is 1. The van der Waals surface area contributed by atoms with Crippen molar-refractivity contribution >= 4 is 11.6 Å². The fraction of sp³-hybridized carbons (Fsp3) is 0.143. The van der Waals surface area contributed by atoms with Crippen molar-refractivity contribution in [2.45, 2.75) is 6.42 Å². The second-order valence-electron chi connectivity index (χ2n) is 4.07. The van der Waals surface area contributed by atoms with Gasteiger partial charge < -0.3 is 14.9 Å². The molecule has 0 N–H and O–H groups in total. The van der Waals surface area contributed by atoms with Crippen LogP contribution in [0.4, 0.5) is 5.82 Å². The van der Waals surface area contributed by atoms with Gasteiger partial charge in [-0.2, -0.15) is 0 Å². The lowest BCUT2D eigenvalue weighted by Gasteiger charge is -2.05. The van der Waals surface area contributed by atoms with Crippen LogP contribution in [0.25, 0.3) is 0 Å². The summed E-state index contributed by atoms with van der Waals surface area (Å²) in [6.07, 6.45) is 1.53. The van der Waals surface area contributed by atoms with E-state index in [2.05, 4.69) is 4.98 Å². The second kappa shape index (κ2) is 6.42. The number of Topliss-reactive ketones (excluding diaryl/α,β-unsaturated/α-hetero) is 1. The van der Waals surface area contributed by atoms with E-state index in [1.807, 2.05) is 30.3 Å². The number of hydrogen-bond acceptors (Lipinski definition) is 5. The van der Waals surface area contributed by atoms with Crippen LogP contribution < -0.4 is 4.74 Å². The quantitative estimate of drug-likeness (QED) is 0.594. The van der Waals surface area contributed by atoms with Crippen LogP contribution >= 0.6 is 0 Å². The highest BCUT2D eigenvalue weighted by atomic mass is 16.6. The SMILES string of the molecule is O=C(COc1cccnc1[N+](=O)[O-])Cc1ccccc1. The van der Waals surface area contributed by atoms with Gasteiger partial charge in [-0.05, 0) is 27.6 Å². The number of nitro groups is 1. The Balaban J connectivity index is 1.96. The normalized spacial score (nSPS) is 10.0. The Hall–Kier alpha value is -2.76. The van der Waals surface area contributed by atoms with Gasteiger partial charge in [-0.15, -0.1) is 0 Å². The van der Waals surface area contributed by atoms with Crippen molar-refractivity contribution < 1.29 is 14.5 Å². The molecule has 0 bridgehead atoms. The van der Waals surface area contributed by atoms with E-state index in [1.165, 1.54) is 18.3 Å². The van der Waals surface area contributed by atoms with Crippen LogP contribution in [0.3, 0.4) is 0 Å². The van der Waals surface area contributed by atoms with Gasteiger partial charge in [-0.25, -0.2) is 0 Å². The number of benzene rings is 1.